The number of amides is 3. The number of aryl methyl sites for hydroxylation is 1. The van der Waals surface area contributed by atoms with Gasteiger partial charge in [0.2, 0.25) is 17.7 Å². The third-order valence-corrected chi connectivity index (χ3v) is 5.44. The Balaban J connectivity index is 1.36. The number of unbranched alkanes of at least 4 members (excludes halogenated alkanes) is 2. The molecule has 0 radical (unpaired) electrons. The Hall–Kier alpha value is -3.61. The van der Waals surface area contributed by atoms with Gasteiger partial charge in [0, 0.05) is 29.9 Å². The van der Waals surface area contributed by atoms with E-state index in [4.69, 9.17) is 5.73 Å². The number of carbonyl (C=O) groups excluding carboxylic acids is 3. The zero-order chi connectivity index (χ0) is 22.8. The first kappa shape index (κ1) is 23.1. The number of fused-ring (bicyclic) bond motifs is 1. The van der Waals surface area contributed by atoms with E-state index in [0.29, 0.717) is 6.42 Å². The number of para-hydroxylation sites is 1. The SMILES string of the molecule is NC(=O)[C@H](Cc1c[nH]c2ccccc12)NC(=O)CNC(=O)CCCCCc1ccccc1. The second-order valence-corrected chi connectivity index (χ2v) is 7.91. The van der Waals surface area contributed by atoms with Gasteiger partial charge < -0.3 is 21.4 Å². The van der Waals surface area contributed by atoms with Gasteiger partial charge in [-0.1, -0.05) is 55.0 Å². The molecular formula is C25H30N4O3. The molecule has 0 bridgehead atoms. The highest BCUT2D eigenvalue weighted by atomic mass is 16.2. The molecule has 0 saturated heterocycles. The number of aromatic nitrogens is 1. The first-order chi connectivity index (χ1) is 15.5. The van der Waals surface area contributed by atoms with E-state index in [9.17, 15) is 14.4 Å². The van der Waals surface area contributed by atoms with E-state index in [-0.39, 0.29) is 18.9 Å². The smallest absolute Gasteiger partial charge is 0.240 e. The van der Waals surface area contributed by atoms with Crippen LogP contribution < -0.4 is 16.4 Å². The van der Waals surface area contributed by atoms with E-state index in [1.165, 1.54) is 5.56 Å². The largest absolute Gasteiger partial charge is 0.368 e. The molecular weight excluding hydrogens is 404 g/mol. The van der Waals surface area contributed by atoms with Crippen LogP contribution in [0.5, 0.6) is 0 Å². The van der Waals surface area contributed by atoms with Crippen LogP contribution in [-0.2, 0) is 27.2 Å². The first-order valence-electron chi connectivity index (χ1n) is 11.0. The summed E-state index contributed by atoms with van der Waals surface area (Å²) < 4.78 is 0. The van der Waals surface area contributed by atoms with Crippen LogP contribution in [-0.4, -0.2) is 35.3 Å². The predicted octanol–water partition coefficient (Wildman–Crippen LogP) is 2.60. The van der Waals surface area contributed by atoms with Gasteiger partial charge in [-0.05, 0) is 36.5 Å². The molecule has 0 unspecified atom stereocenters. The van der Waals surface area contributed by atoms with E-state index >= 15 is 0 Å². The van der Waals surface area contributed by atoms with Crippen molar-refractivity contribution >= 4 is 28.6 Å². The Kier molecular flexibility index (Phi) is 8.43. The predicted molar refractivity (Wildman–Crippen MR) is 125 cm³/mol. The molecule has 3 rings (SSSR count). The summed E-state index contributed by atoms with van der Waals surface area (Å²) >= 11 is 0. The molecule has 168 valence electrons. The molecule has 0 fully saturated rings. The summed E-state index contributed by atoms with van der Waals surface area (Å²) in [5.41, 5.74) is 8.63. The fourth-order valence-corrected chi connectivity index (χ4v) is 3.69. The lowest BCUT2D eigenvalue weighted by atomic mass is 10.0. The Morgan fingerprint density at radius 1 is 0.906 bits per heavy atom. The Labute approximate surface area is 187 Å². The summed E-state index contributed by atoms with van der Waals surface area (Å²) in [6.45, 7) is -0.180. The van der Waals surface area contributed by atoms with Crippen LogP contribution in [0.3, 0.4) is 0 Å². The Bertz CT molecular complexity index is 1050. The number of carbonyl (C=O) groups is 3. The average Bonchev–Trinajstić information content (AvgIpc) is 3.20. The number of rotatable bonds is 12. The van der Waals surface area contributed by atoms with E-state index in [1.54, 1.807) is 0 Å². The lowest BCUT2D eigenvalue weighted by Crippen LogP contribution is -2.49. The van der Waals surface area contributed by atoms with Crippen molar-refractivity contribution in [3.05, 3.63) is 71.9 Å². The number of hydrogen-bond donors (Lipinski definition) is 4. The molecule has 0 saturated carbocycles. The van der Waals surface area contributed by atoms with E-state index in [2.05, 4.69) is 27.8 Å². The van der Waals surface area contributed by atoms with Gasteiger partial charge >= 0.3 is 0 Å². The number of nitrogens with one attached hydrogen (secondary N) is 3. The van der Waals surface area contributed by atoms with Gasteiger partial charge in [0.1, 0.15) is 6.04 Å². The number of aromatic amines is 1. The molecule has 1 aromatic heterocycles. The van der Waals surface area contributed by atoms with Gasteiger partial charge in [0.25, 0.3) is 0 Å². The molecule has 3 aromatic rings. The number of hydrogen-bond acceptors (Lipinski definition) is 3. The van der Waals surface area contributed by atoms with Gasteiger partial charge in [-0.25, -0.2) is 0 Å². The van der Waals surface area contributed by atoms with Crippen molar-refractivity contribution in [2.75, 3.05) is 6.54 Å². The molecule has 1 atom stereocenters. The zero-order valence-corrected chi connectivity index (χ0v) is 18.1. The second kappa shape index (κ2) is 11.7. The maximum absolute atomic E-state index is 12.2. The highest BCUT2D eigenvalue weighted by molar-refractivity contribution is 5.90. The minimum absolute atomic E-state index is 0.174. The van der Waals surface area contributed by atoms with Crippen LogP contribution in [0.2, 0.25) is 0 Å². The van der Waals surface area contributed by atoms with Crippen molar-refractivity contribution in [1.82, 2.24) is 15.6 Å². The molecule has 3 amide bonds. The highest BCUT2D eigenvalue weighted by Gasteiger charge is 2.20. The molecule has 0 aliphatic rings. The van der Waals surface area contributed by atoms with Crippen LogP contribution in [0.15, 0.2) is 60.8 Å². The topological polar surface area (TPSA) is 117 Å². The standard InChI is InChI=1S/C25H30N4O3/c26-25(32)22(15-19-16-27-21-13-8-7-12-20(19)21)29-24(31)17-28-23(30)14-6-2-5-11-18-9-3-1-4-10-18/h1,3-4,7-10,12-13,16,22,27H,2,5-6,11,14-15,17H2,(H2,26,32)(H,28,30)(H,29,31)/t22-/m0/s1. The summed E-state index contributed by atoms with van der Waals surface area (Å²) in [6, 6.07) is 17.1. The number of primary amides is 1. The molecule has 0 aliphatic heterocycles. The number of benzene rings is 2. The molecule has 7 nitrogen and oxygen atoms in total. The van der Waals surface area contributed by atoms with Crippen molar-refractivity contribution in [1.29, 1.82) is 0 Å². The normalized spacial score (nSPS) is 11.8. The third kappa shape index (κ3) is 6.97. The number of H-pyrrole nitrogens is 1. The molecule has 5 N–H and O–H groups in total. The summed E-state index contributed by atoms with van der Waals surface area (Å²) in [7, 11) is 0. The van der Waals surface area contributed by atoms with Gasteiger partial charge in [0.05, 0.1) is 6.54 Å². The van der Waals surface area contributed by atoms with E-state index < -0.39 is 17.9 Å². The highest BCUT2D eigenvalue weighted by Crippen LogP contribution is 2.19. The first-order valence-corrected chi connectivity index (χ1v) is 11.0. The monoisotopic (exact) mass is 434 g/mol. The quantitative estimate of drug-likeness (QED) is 0.328. The fraction of sp³-hybridized carbons (Fsp3) is 0.320. The van der Waals surface area contributed by atoms with Gasteiger partial charge in [-0.3, -0.25) is 14.4 Å². The van der Waals surface area contributed by atoms with Crippen LogP contribution in [0.1, 0.15) is 36.8 Å². The van der Waals surface area contributed by atoms with Crippen LogP contribution in [0.25, 0.3) is 10.9 Å². The van der Waals surface area contributed by atoms with Crippen molar-refractivity contribution < 1.29 is 14.4 Å². The van der Waals surface area contributed by atoms with Gasteiger partial charge in [-0.2, -0.15) is 0 Å². The molecule has 1 heterocycles. The van der Waals surface area contributed by atoms with Crippen LogP contribution in [0.4, 0.5) is 0 Å². The fourth-order valence-electron chi connectivity index (χ4n) is 3.69. The molecule has 32 heavy (non-hydrogen) atoms. The van der Waals surface area contributed by atoms with Crippen molar-refractivity contribution in [3.8, 4) is 0 Å². The zero-order valence-electron chi connectivity index (χ0n) is 18.1. The summed E-state index contributed by atoms with van der Waals surface area (Å²) in [6.07, 6.45) is 6.19. The lowest BCUT2D eigenvalue weighted by molar-refractivity contribution is -0.128. The van der Waals surface area contributed by atoms with Crippen molar-refractivity contribution in [3.63, 3.8) is 0 Å². The maximum Gasteiger partial charge on any atom is 0.240 e. The van der Waals surface area contributed by atoms with Gasteiger partial charge in [0.15, 0.2) is 0 Å². The second-order valence-electron chi connectivity index (χ2n) is 7.91. The average molecular weight is 435 g/mol. The van der Waals surface area contributed by atoms with Gasteiger partial charge in [-0.15, -0.1) is 0 Å². The lowest BCUT2D eigenvalue weighted by Gasteiger charge is -2.15. The summed E-state index contributed by atoms with van der Waals surface area (Å²) in [4.78, 5) is 39.3. The van der Waals surface area contributed by atoms with Crippen molar-refractivity contribution in [2.24, 2.45) is 5.73 Å². The minimum Gasteiger partial charge on any atom is -0.368 e. The van der Waals surface area contributed by atoms with Crippen molar-refractivity contribution in [2.45, 2.75) is 44.6 Å². The maximum atomic E-state index is 12.2. The molecule has 0 aliphatic carbocycles. The third-order valence-electron chi connectivity index (χ3n) is 5.44. The molecule has 7 heteroatoms. The summed E-state index contributed by atoms with van der Waals surface area (Å²) in [5.74, 6) is -1.23. The van der Waals surface area contributed by atoms with Crippen LogP contribution >= 0.6 is 0 Å². The minimum atomic E-state index is -0.850. The summed E-state index contributed by atoms with van der Waals surface area (Å²) in [5, 5.41) is 6.22. The van der Waals surface area contributed by atoms with E-state index in [1.807, 2.05) is 48.7 Å². The van der Waals surface area contributed by atoms with E-state index in [0.717, 1.165) is 42.1 Å². The molecule has 0 spiro atoms. The Morgan fingerprint density at radius 2 is 1.66 bits per heavy atom. The van der Waals surface area contributed by atoms with Crippen LogP contribution in [0, 0.1) is 0 Å². The number of nitrogens with two attached hydrogens (primary N) is 1. The Morgan fingerprint density at radius 3 is 2.44 bits per heavy atom. The molecule has 2 aromatic carbocycles.